The van der Waals surface area contributed by atoms with E-state index in [9.17, 15) is 15.3 Å². The number of benzene rings is 1. The van der Waals surface area contributed by atoms with E-state index in [1.807, 2.05) is 6.07 Å². The molecule has 0 bridgehead atoms. The molecule has 0 unspecified atom stereocenters. The van der Waals surface area contributed by atoms with Crippen molar-refractivity contribution in [2.24, 2.45) is 5.92 Å². The van der Waals surface area contributed by atoms with Crippen LogP contribution < -0.4 is 4.74 Å². The molecule has 2 aliphatic heterocycles. The Bertz CT molecular complexity index is 642. The number of hydrogen-bond acceptors (Lipinski definition) is 5. The van der Waals surface area contributed by atoms with Crippen molar-refractivity contribution in [3.63, 3.8) is 0 Å². The third-order valence-electron chi connectivity index (χ3n) is 5.42. The van der Waals surface area contributed by atoms with Gasteiger partial charge in [-0.1, -0.05) is 11.6 Å². The van der Waals surface area contributed by atoms with E-state index in [4.69, 9.17) is 4.74 Å². The Morgan fingerprint density at radius 3 is 2.91 bits per heavy atom. The average Bonchev–Trinajstić information content (AvgIpc) is 2.92. The third kappa shape index (κ3) is 1.82. The van der Waals surface area contributed by atoms with Crippen molar-refractivity contribution in [2.45, 2.75) is 31.0 Å². The zero-order valence-electron chi connectivity index (χ0n) is 12.6. The van der Waals surface area contributed by atoms with Crippen LogP contribution in [0.4, 0.5) is 0 Å². The van der Waals surface area contributed by atoms with Gasteiger partial charge in [0.15, 0.2) is 11.5 Å². The molecule has 0 spiro atoms. The van der Waals surface area contributed by atoms with E-state index in [1.54, 1.807) is 13.2 Å². The summed E-state index contributed by atoms with van der Waals surface area (Å²) in [5.74, 6) is 0.249. The van der Waals surface area contributed by atoms with Crippen molar-refractivity contribution in [3.8, 4) is 11.5 Å². The molecule has 1 aromatic rings. The second kappa shape index (κ2) is 4.98. The molecule has 5 nitrogen and oxygen atoms in total. The van der Waals surface area contributed by atoms with Gasteiger partial charge in [-0.25, -0.2) is 0 Å². The van der Waals surface area contributed by atoms with Gasteiger partial charge >= 0.3 is 0 Å². The molecule has 0 aromatic heterocycles. The normalized spacial score (nSPS) is 33.1. The summed E-state index contributed by atoms with van der Waals surface area (Å²) in [7, 11) is 1.54. The van der Waals surface area contributed by atoms with Gasteiger partial charge in [0.05, 0.1) is 19.8 Å². The van der Waals surface area contributed by atoms with Gasteiger partial charge < -0.3 is 20.1 Å². The van der Waals surface area contributed by atoms with Crippen LogP contribution in [0, 0.1) is 5.92 Å². The fraction of sp³-hybridized carbons (Fsp3) is 0.529. The van der Waals surface area contributed by atoms with Crippen molar-refractivity contribution in [1.29, 1.82) is 0 Å². The van der Waals surface area contributed by atoms with E-state index in [2.05, 4.69) is 11.0 Å². The Morgan fingerprint density at radius 2 is 2.18 bits per heavy atom. The van der Waals surface area contributed by atoms with E-state index in [1.165, 1.54) is 5.57 Å². The van der Waals surface area contributed by atoms with E-state index >= 15 is 0 Å². The highest BCUT2D eigenvalue weighted by molar-refractivity contribution is 5.51. The van der Waals surface area contributed by atoms with Crippen LogP contribution in [-0.4, -0.2) is 52.6 Å². The summed E-state index contributed by atoms with van der Waals surface area (Å²) in [4.78, 5) is 2.38. The summed E-state index contributed by atoms with van der Waals surface area (Å²) in [6.45, 7) is 1.73. The third-order valence-corrected chi connectivity index (χ3v) is 5.42. The van der Waals surface area contributed by atoms with Crippen LogP contribution in [0.3, 0.4) is 0 Å². The number of fused-ring (bicyclic) bond motifs is 2. The van der Waals surface area contributed by atoms with Gasteiger partial charge in [-0.15, -0.1) is 0 Å². The molecule has 0 saturated carbocycles. The van der Waals surface area contributed by atoms with Crippen molar-refractivity contribution < 1.29 is 20.1 Å². The van der Waals surface area contributed by atoms with Crippen LogP contribution in [0.2, 0.25) is 0 Å². The number of ether oxygens (including phenoxy) is 1. The number of hydrogen-bond donors (Lipinski definition) is 3. The van der Waals surface area contributed by atoms with Crippen LogP contribution >= 0.6 is 0 Å². The molecule has 22 heavy (non-hydrogen) atoms. The quantitative estimate of drug-likeness (QED) is 0.710. The molecule has 1 aromatic carbocycles. The largest absolute Gasteiger partial charge is 0.504 e. The number of aliphatic hydroxyl groups excluding tert-OH is 2. The lowest BCUT2D eigenvalue weighted by Crippen LogP contribution is -2.49. The molecule has 1 saturated heterocycles. The molecule has 2 heterocycles. The van der Waals surface area contributed by atoms with Gasteiger partial charge in [-0.3, -0.25) is 4.90 Å². The Labute approximate surface area is 129 Å². The summed E-state index contributed by atoms with van der Waals surface area (Å²) in [6.07, 6.45) is 2.41. The molecule has 118 valence electrons. The van der Waals surface area contributed by atoms with Gasteiger partial charge in [0, 0.05) is 31.0 Å². The fourth-order valence-corrected chi connectivity index (χ4v) is 4.41. The first-order chi connectivity index (χ1) is 10.6. The SMILES string of the molecule is COc1cc2c(cc1O)[C@@H]1[C@H](O)[C@@H](CO)C=C3CCN(C2)[C@H]31. The summed E-state index contributed by atoms with van der Waals surface area (Å²) in [5, 5.41) is 30.5. The van der Waals surface area contributed by atoms with Gasteiger partial charge in [0.2, 0.25) is 0 Å². The van der Waals surface area contributed by atoms with Gasteiger partial charge in [0.25, 0.3) is 0 Å². The maximum atomic E-state index is 10.7. The Balaban J connectivity index is 1.86. The lowest BCUT2D eigenvalue weighted by atomic mass is 9.70. The van der Waals surface area contributed by atoms with E-state index in [0.717, 1.165) is 30.6 Å². The molecule has 3 N–H and O–H groups in total. The lowest BCUT2D eigenvalue weighted by molar-refractivity contribution is 0.0294. The maximum absolute atomic E-state index is 10.7. The zero-order valence-corrected chi connectivity index (χ0v) is 12.6. The standard InChI is InChI=1S/C17H21NO4/c1-22-14-5-10-7-18-3-2-9-4-11(8-19)17(21)15(16(9)18)12(10)6-13(14)20/h4-6,11,15-17,19-21H,2-3,7-8H2,1H3/t11-,15+,16-,17-/m1/s1. The second-order valence-electron chi connectivity index (χ2n) is 6.49. The lowest BCUT2D eigenvalue weighted by Gasteiger charge is -2.45. The molecular weight excluding hydrogens is 282 g/mol. The summed E-state index contributed by atoms with van der Waals surface area (Å²) in [6, 6.07) is 3.80. The second-order valence-corrected chi connectivity index (χ2v) is 6.49. The Morgan fingerprint density at radius 1 is 1.36 bits per heavy atom. The maximum Gasteiger partial charge on any atom is 0.160 e. The predicted octanol–water partition coefficient (Wildman–Crippen LogP) is 0.982. The average molecular weight is 303 g/mol. The molecule has 1 fully saturated rings. The Kier molecular flexibility index (Phi) is 3.18. The first kappa shape index (κ1) is 14.1. The van der Waals surface area contributed by atoms with Crippen LogP contribution in [0.1, 0.15) is 23.5 Å². The molecule has 0 amide bonds. The minimum Gasteiger partial charge on any atom is -0.504 e. The number of methoxy groups -OCH3 is 1. The number of rotatable bonds is 2. The van der Waals surface area contributed by atoms with Crippen molar-refractivity contribution in [2.75, 3.05) is 20.3 Å². The summed E-state index contributed by atoms with van der Waals surface area (Å²) >= 11 is 0. The Hall–Kier alpha value is -1.56. The fourth-order valence-electron chi connectivity index (χ4n) is 4.41. The van der Waals surface area contributed by atoms with E-state index in [-0.39, 0.29) is 30.2 Å². The monoisotopic (exact) mass is 303 g/mol. The summed E-state index contributed by atoms with van der Waals surface area (Å²) in [5.41, 5.74) is 3.39. The van der Waals surface area contributed by atoms with Crippen LogP contribution in [0.5, 0.6) is 11.5 Å². The number of phenols is 1. The van der Waals surface area contributed by atoms with Crippen molar-refractivity contribution >= 4 is 0 Å². The minimum atomic E-state index is -0.633. The zero-order chi connectivity index (χ0) is 15.4. The minimum absolute atomic E-state index is 0.0502. The highest BCUT2D eigenvalue weighted by Crippen LogP contribution is 2.49. The van der Waals surface area contributed by atoms with E-state index in [0.29, 0.717) is 5.75 Å². The molecule has 4 atom stereocenters. The van der Waals surface area contributed by atoms with Gasteiger partial charge in [-0.2, -0.15) is 0 Å². The van der Waals surface area contributed by atoms with Crippen molar-refractivity contribution in [3.05, 3.63) is 34.9 Å². The topological polar surface area (TPSA) is 73.2 Å². The smallest absolute Gasteiger partial charge is 0.160 e. The number of phenolic OH excluding ortho intramolecular Hbond substituents is 1. The van der Waals surface area contributed by atoms with E-state index < -0.39 is 6.10 Å². The van der Waals surface area contributed by atoms with Crippen molar-refractivity contribution in [1.82, 2.24) is 4.90 Å². The van der Waals surface area contributed by atoms with Crippen LogP contribution in [-0.2, 0) is 6.54 Å². The summed E-state index contributed by atoms with van der Waals surface area (Å²) < 4.78 is 5.21. The van der Waals surface area contributed by atoms with Gasteiger partial charge in [0.1, 0.15) is 0 Å². The molecule has 0 radical (unpaired) electrons. The first-order valence-corrected chi connectivity index (χ1v) is 7.77. The number of aromatic hydroxyl groups is 1. The molecule has 5 heteroatoms. The highest BCUT2D eigenvalue weighted by atomic mass is 16.5. The molecule has 3 aliphatic rings. The molecule has 4 rings (SSSR count). The number of aliphatic hydroxyl groups is 2. The van der Waals surface area contributed by atoms with Crippen LogP contribution in [0.25, 0.3) is 0 Å². The molecule has 1 aliphatic carbocycles. The first-order valence-electron chi connectivity index (χ1n) is 7.77. The highest BCUT2D eigenvalue weighted by Gasteiger charge is 2.48. The molecular formula is C17H21NO4. The number of nitrogens with zero attached hydrogens (tertiary/aromatic N) is 1. The predicted molar refractivity (Wildman–Crippen MR) is 80.9 cm³/mol. The van der Waals surface area contributed by atoms with Crippen LogP contribution in [0.15, 0.2) is 23.8 Å². The van der Waals surface area contributed by atoms with Gasteiger partial charge in [-0.05, 0) is 29.7 Å².